The van der Waals surface area contributed by atoms with Crippen LogP contribution in [0.2, 0.25) is 0 Å². The summed E-state index contributed by atoms with van der Waals surface area (Å²) in [5.74, 6) is 5.97. The molecule has 0 atom stereocenters. The first-order chi connectivity index (χ1) is 8.61. The Kier molecular flexibility index (Phi) is 3.33. The highest BCUT2D eigenvalue weighted by Crippen LogP contribution is 2.35. The zero-order valence-corrected chi connectivity index (χ0v) is 10.1. The minimum atomic E-state index is -0.484. The first kappa shape index (κ1) is 12.2. The fourth-order valence-corrected chi connectivity index (χ4v) is 2.07. The van der Waals surface area contributed by atoms with E-state index in [2.05, 4.69) is 10.2 Å². The second-order valence-corrected chi connectivity index (χ2v) is 4.22. The predicted molar refractivity (Wildman–Crippen MR) is 63.9 cm³/mol. The van der Waals surface area contributed by atoms with Gasteiger partial charge in [-0.15, -0.1) is 10.2 Å². The van der Waals surface area contributed by atoms with Crippen LogP contribution in [-0.2, 0) is 0 Å². The van der Waals surface area contributed by atoms with Gasteiger partial charge in [0.25, 0.3) is 5.69 Å². The number of nitrogens with zero attached hydrogens (tertiary/aromatic N) is 4. The Morgan fingerprint density at radius 1 is 1.56 bits per heavy atom. The number of methoxy groups -OCH3 is 1. The van der Waals surface area contributed by atoms with Gasteiger partial charge in [-0.05, 0) is 17.8 Å². The van der Waals surface area contributed by atoms with Crippen molar-refractivity contribution in [2.45, 2.75) is 10.1 Å². The molecule has 2 rings (SSSR count). The highest BCUT2D eigenvalue weighted by Gasteiger charge is 2.14. The first-order valence-corrected chi connectivity index (χ1v) is 5.59. The molecule has 0 bridgehead atoms. The van der Waals surface area contributed by atoms with Crippen LogP contribution in [0.3, 0.4) is 0 Å². The van der Waals surface area contributed by atoms with Crippen molar-refractivity contribution < 1.29 is 9.66 Å². The number of aromatic nitrogens is 3. The molecule has 0 aliphatic carbocycles. The van der Waals surface area contributed by atoms with Gasteiger partial charge in [0.2, 0.25) is 5.16 Å². The maximum atomic E-state index is 10.6. The number of non-ortho nitro benzene ring substituents is 1. The van der Waals surface area contributed by atoms with Gasteiger partial charge in [-0.25, -0.2) is 4.68 Å². The van der Waals surface area contributed by atoms with Crippen molar-refractivity contribution in [3.63, 3.8) is 0 Å². The van der Waals surface area contributed by atoms with E-state index < -0.39 is 4.92 Å². The van der Waals surface area contributed by atoms with Gasteiger partial charge >= 0.3 is 0 Å². The summed E-state index contributed by atoms with van der Waals surface area (Å²) in [4.78, 5) is 10.8. The zero-order chi connectivity index (χ0) is 13.1. The SMILES string of the molecule is COc1cc([N+](=O)[O-])ccc1Sc1nncn1N. The Labute approximate surface area is 106 Å². The number of rotatable bonds is 4. The van der Waals surface area contributed by atoms with E-state index in [0.717, 1.165) is 0 Å². The van der Waals surface area contributed by atoms with E-state index in [1.54, 1.807) is 6.07 Å². The Hall–Kier alpha value is -2.29. The summed E-state index contributed by atoms with van der Waals surface area (Å²) >= 11 is 1.21. The molecule has 0 aliphatic heterocycles. The van der Waals surface area contributed by atoms with E-state index >= 15 is 0 Å². The van der Waals surface area contributed by atoms with Crippen LogP contribution >= 0.6 is 11.8 Å². The summed E-state index contributed by atoms with van der Waals surface area (Å²) in [5, 5.41) is 18.6. The molecule has 0 unspecified atom stereocenters. The van der Waals surface area contributed by atoms with E-state index in [9.17, 15) is 10.1 Å². The van der Waals surface area contributed by atoms with Crippen LogP contribution in [0.25, 0.3) is 0 Å². The van der Waals surface area contributed by atoms with E-state index in [1.165, 1.54) is 42.0 Å². The van der Waals surface area contributed by atoms with Gasteiger partial charge in [0.15, 0.2) is 0 Å². The summed E-state index contributed by atoms with van der Waals surface area (Å²) in [5.41, 5.74) is -0.0367. The lowest BCUT2D eigenvalue weighted by Crippen LogP contribution is -2.07. The third-order valence-corrected chi connectivity index (χ3v) is 3.13. The van der Waals surface area contributed by atoms with Crippen LogP contribution in [0.4, 0.5) is 5.69 Å². The lowest BCUT2D eigenvalue weighted by molar-refractivity contribution is -0.385. The number of nitro groups is 1. The molecule has 2 aromatic rings. The molecule has 0 amide bonds. The molecule has 1 aromatic heterocycles. The summed E-state index contributed by atoms with van der Waals surface area (Å²) in [6, 6.07) is 4.32. The lowest BCUT2D eigenvalue weighted by Gasteiger charge is -2.06. The first-order valence-electron chi connectivity index (χ1n) is 4.77. The summed E-state index contributed by atoms with van der Waals surface area (Å²) < 4.78 is 6.36. The summed E-state index contributed by atoms with van der Waals surface area (Å²) in [6.45, 7) is 0. The largest absolute Gasteiger partial charge is 0.495 e. The minimum Gasteiger partial charge on any atom is -0.495 e. The summed E-state index contributed by atoms with van der Waals surface area (Å²) in [7, 11) is 1.44. The molecule has 18 heavy (non-hydrogen) atoms. The van der Waals surface area contributed by atoms with E-state index in [-0.39, 0.29) is 5.69 Å². The molecule has 0 aliphatic rings. The Morgan fingerprint density at radius 3 is 2.89 bits per heavy atom. The normalized spacial score (nSPS) is 10.3. The fraction of sp³-hybridized carbons (Fsp3) is 0.111. The van der Waals surface area contributed by atoms with Crippen molar-refractivity contribution >= 4 is 17.4 Å². The molecule has 0 saturated carbocycles. The number of hydrogen-bond donors (Lipinski definition) is 1. The monoisotopic (exact) mass is 267 g/mol. The van der Waals surface area contributed by atoms with Crippen LogP contribution < -0.4 is 10.6 Å². The van der Waals surface area contributed by atoms with Gasteiger partial charge in [0.1, 0.15) is 12.1 Å². The average Bonchev–Trinajstić information content (AvgIpc) is 2.75. The number of nitrogen functional groups attached to an aromatic ring is 1. The van der Waals surface area contributed by atoms with Gasteiger partial charge in [-0.3, -0.25) is 10.1 Å². The molecular formula is C9H9N5O3S. The number of nitrogens with two attached hydrogens (primary N) is 1. The number of nitro benzene ring substituents is 1. The van der Waals surface area contributed by atoms with Gasteiger partial charge in [-0.2, -0.15) is 0 Å². The number of benzene rings is 1. The van der Waals surface area contributed by atoms with Crippen molar-refractivity contribution in [1.82, 2.24) is 14.9 Å². The van der Waals surface area contributed by atoms with Crippen molar-refractivity contribution in [3.8, 4) is 5.75 Å². The van der Waals surface area contributed by atoms with Crippen LogP contribution in [0.1, 0.15) is 0 Å². The summed E-state index contributed by atoms with van der Waals surface area (Å²) in [6.07, 6.45) is 1.36. The standard InChI is InChI=1S/C9H9N5O3S/c1-17-7-4-6(14(15)16)2-3-8(7)18-9-12-11-5-13(9)10/h2-5H,10H2,1H3. The minimum absolute atomic E-state index is 0.0367. The highest BCUT2D eigenvalue weighted by atomic mass is 32.2. The second-order valence-electron chi connectivity index (χ2n) is 3.22. The van der Waals surface area contributed by atoms with Gasteiger partial charge in [-0.1, -0.05) is 0 Å². The van der Waals surface area contributed by atoms with Gasteiger partial charge < -0.3 is 10.6 Å². The van der Waals surface area contributed by atoms with E-state index in [0.29, 0.717) is 15.8 Å². The Balaban J connectivity index is 2.33. The Bertz CT molecular complexity index is 585. The van der Waals surface area contributed by atoms with Crippen molar-refractivity contribution in [3.05, 3.63) is 34.6 Å². The van der Waals surface area contributed by atoms with Crippen LogP contribution in [0.15, 0.2) is 34.6 Å². The fourth-order valence-electron chi connectivity index (χ4n) is 1.26. The van der Waals surface area contributed by atoms with Crippen LogP contribution in [0, 0.1) is 10.1 Å². The van der Waals surface area contributed by atoms with Gasteiger partial charge in [0, 0.05) is 6.07 Å². The molecule has 0 radical (unpaired) electrons. The van der Waals surface area contributed by atoms with Gasteiger partial charge in [0.05, 0.1) is 23.0 Å². The molecule has 0 fully saturated rings. The molecule has 1 aromatic carbocycles. The lowest BCUT2D eigenvalue weighted by atomic mass is 10.3. The molecule has 0 spiro atoms. The molecule has 94 valence electrons. The maximum absolute atomic E-state index is 10.6. The third kappa shape index (κ3) is 2.35. The number of ether oxygens (including phenoxy) is 1. The van der Waals surface area contributed by atoms with Crippen LogP contribution in [-0.4, -0.2) is 26.9 Å². The van der Waals surface area contributed by atoms with Crippen molar-refractivity contribution in [2.24, 2.45) is 0 Å². The van der Waals surface area contributed by atoms with E-state index in [1.807, 2.05) is 0 Å². The Morgan fingerprint density at radius 2 is 2.33 bits per heavy atom. The zero-order valence-electron chi connectivity index (χ0n) is 9.31. The highest BCUT2D eigenvalue weighted by molar-refractivity contribution is 7.99. The average molecular weight is 267 g/mol. The molecule has 1 heterocycles. The van der Waals surface area contributed by atoms with Crippen molar-refractivity contribution in [2.75, 3.05) is 13.0 Å². The predicted octanol–water partition coefficient (Wildman–Crippen LogP) is 1.06. The quantitative estimate of drug-likeness (QED) is 0.501. The van der Waals surface area contributed by atoms with E-state index in [4.69, 9.17) is 10.6 Å². The smallest absolute Gasteiger partial charge is 0.273 e. The van der Waals surface area contributed by atoms with Crippen LogP contribution in [0.5, 0.6) is 5.75 Å². The maximum Gasteiger partial charge on any atom is 0.273 e. The van der Waals surface area contributed by atoms with Crippen molar-refractivity contribution in [1.29, 1.82) is 0 Å². The molecule has 2 N–H and O–H groups in total. The molecular weight excluding hydrogens is 258 g/mol. The third-order valence-electron chi connectivity index (χ3n) is 2.10. The molecule has 9 heteroatoms. The topological polar surface area (TPSA) is 109 Å². The second kappa shape index (κ2) is 4.92. The molecule has 8 nitrogen and oxygen atoms in total. The number of hydrogen-bond acceptors (Lipinski definition) is 7. The molecule has 0 saturated heterocycles.